The summed E-state index contributed by atoms with van der Waals surface area (Å²) in [6.45, 7) is 6.00. The summed E-state index contributed by atoms with van der Waals surface area (Å²) in [4.78, 5) is 12.2. The minimum Gasteiger partial charge on any atom is -0.497 e. The van der Waals surface area contributed by atoms with Gasteiger partial charge in [0.05, 0.1) is 7.11 Å². The number of carbonyl (C=O) groups is 1. The first kappa shape index (κ1) is 14.1. The van der Waals surface area contributed by atoms with Crippen molar-refractivity contribution in [2.24, 2.45) is 0 Å². The molecule has 0 spiro atoms. The van der Waals surface area contributed by atoms with Crippen molar-refractivity contribution in [1.82, 2.24) is 9.78 Å². The predicted molar refractivity (Wildman–Crippen MR) is 78.3 cm³/mol. The fourth-order valence-electron chi connectivity index (χ4n) is 2.02. The van der Waals surface area contributed by atoms with Gasteiger partial charge in [0.2, 0.25) is 0 Å². The third-order valence-corrected chi connectivity index (χ3v) is 2.97. The standard InChI is InChI=1S/C15H19N3O2/c1-10(2)18-11(3)8-14(17-18)15(19)16-12-6-5-7-13(9-12)20-4/h5-10H,1-4H3,(H,16,19). The summed E-state index contributed by atoms with van der Waals surface area (Å²) in [5, 5.41) is 7.14. The second-order valence-electron chi connectivity index (χ2n) is 4.90. The Morgan fingerprint density at radius 2 is 2.10 bits per heavy atom. The van der Waals surface area contributed by atoms with Gasteiger partial charge in [-0.15, -0.1) is 0 Å². The van der Waals surface area contributed by atoms with E-state index in [0.717, 1.165) is 5.69 Å². The second kappa shape index (κ2) is 5.77. The molecule has 1 N–H and O–H groups in total. The van der Waals surface area contributed by atoms with Crippen LogP contribution in [0.3, 0.4) is 0 Å². The van der Waals surface area contributed by atoms with Crippen LogP contribution in [0.15, 0.2) is 30.3 Å². The molecule has 0 saturated carbocycles. The molecule has 0 unspecified atom stereocenters. The van der Waals surface area contributed by atoms with Gasteiger partial charge in [-0.1, -0.05) is 6.07 Å². The van der Waals surface area contributed by atoms with E-state index in [0.29, 0.717) is 17.1 Å². The molecule has 1 aromatic carbocycles. The van der Waals surface area contributed by atoms with Crippen LogP contribution >= 0.6 is 0 Å². The van der Waals surface area contributed by atoms with Crippen molar-refractivity contribution in [3.05, 3.63) is 41.7 Å². The lowest BCUT2D eigenvalue weighted by atomic mass is 10.3. The number of nitrogens with one attached hydrogen (secondary N) is 1. The van der Waals surface area contributed by atoms with E-state index in [1.165, 1.54) is 0 Å². The van der Waals surface area contributed by atoms with Gasteiger partial charge in [0.1, 0.15) is 5.75 Å². The number of nitrogens with zero attached hydrogens (tertiary/aromatic N) is 2. The molecule has 20 heavy (non-hydrogen) atoms. The van der Waals surface area contributed by atoms with Crippen LogP contribution in [0.1, 0.15) is 36.1 Å². The quantitative estimate of drug-likeness (QED) is 0.931. The average Bonchev–Trinajstić information content (AvgIpc) is 2.81. The highest BCUT2D eigenvalue weighted by Crippen LogP contribution is 2.18. The molecule has 1 heterocycles. The van der Waals surface area contributed by atoms with Crippen LogP contribution in [-0.4, -0.2) is 22.8 Å². The van der Waals surface area contributed by atoms with E-state index >= 15 is 0 Å². The zero-order valence-corrected chi connectivity index (χ0v) is 12.2. The van der Waals surface area contributed by atoms with E-state index in [1.807, 2.05) is 43.7 Å². The Morgan fingerprint density at radius 1 is 1.35 bits per heavy atom. The summed E-state index contributed by atoms with van der Waals surface area (Å²) in [5.41, 5.74) is 2.07. The summed E-state index contributed by atoms with van der Waals surface area (Å²) in [6, 6.07) is 9.25. The van der Waals surface area contributed by atoms with Crippen LogP contribution in [-0.2, 0) is 0 Å². The molecule has 1 amide bonds. The van der Waals surface area contributed by atoms with Gasteiger partial charge in [-0.2, -0.15) is 5.10 Å². The van der Waals surface area contributed by atoms with E-state index < -0.39 is 0 Å². The van der Waals surface area contributed by atoms with Crippen molar-refractivity contribution in [3.8, 4) is 5.75 Å². The molecule has 1 aromatic heterocycles. The minimum atomic E-state index is -0.222. The van der Waals surface area contributed by atoms with Crippen LogP contribution in [0.2, 0.25) is 0 Å². The molecule has 5 heteroatoms. The summed E-state index contributed by atoms with van der Waals surface area (Å²) >= 11 is 0. The highest BCUT2D eigenvalue weighted by molar-refractivity contribution is 6.03. The Kier molecular flexibility index (Phi) is 4.08. The van der Waals surface area contributed by atoms with Crippen LogP contribution in [0, 0.1) is 6.92 Å². The van der Waals surface area contributed by atoms with Crippen LogP contribution in [0.5, 0.6) is 5.75 Å². The maximum absolute atomic E-state index is 12.2. The third-order valence-electron chi connectivity index (χ3n) is 2.97. The molecular weight excluding hydrogens is 254 g/mol. The summed E-state index contributed by atoms with van der Waals surface area (Å²) in [5.74, 6) is 0.479. The molecule has 5 nitrogen and oxygen atoms in total. The number of rotatable bonds is 4. The number of methoxy groups -OCH3 is 1. The number of amides is 1. The monoisotopic (exact) mass is 273 g/mol. The number of ether oxygens (including phenoxy) is 1. The zero-order valence-electron chi connectivity index (χ0n) is 12.2. The molecule has 0 radical (unpaired) electrons. The SMILES string of the molecule is COc1cccc(NC(=O)c2cc(C)n(C(C)C)n2)c1. The van der Waals surface area contributed by atoms with Crippen LogP contribution < -0.4 is 10.1 Å². The van der Waals surface area contributed by atoms with Gasteiger partial charge >= 0.3 is 0 Å². The minimum absolute atomic E-state index is 0.222. The zero-order chi connectivity index (χ0) is 14.7. The van der Waals surface area contributed by atoms with Gasteiger partial charge in [-0.25, -0.2) is 0 Å². The smallest absolute Gasteiger partial charge is 0.276 e. The lowest BCUT2D eigenvalue weighted by Gasteiger charge is -2.07. The third kappa shape index (κ3) is 2.99. The first-order valence-electron chi connectivity index (χ1n) is 6.53. The maximum atomic E-state index is 12.2. The summed E-state index contributed by atoms with van der Waals surface area (Å²) in [7, 11) is 1.59. The molecule has 106 valence electrons. The highest BCUT2D eigenvalue weighted by Gasteiger charge is 2.14. The second-order valence-corrected chi connectivity index (χ2v) is 4.90. The molecule has 0 bridgehead atoms. The maximum Gasteiger partial charge on any atom is 0.276 e. The van der Waals surface area contributed by atoms with Crippen molar-refractivity contribution in [3.63, 3.8) is 0 Å². The molecule has 2 aromatic rings. The summed E-state index contributed by atoms with van der Waals surface area (Å²) < 4.78 is 6.96. The topological polar surface area (TPSA) is 56.1 Å². The van der Waals surface area contributed by atoms with Crippen molar-refractivity contribution in [2.75, 3.05) is 12.4 Å². The number of aromatic nitrogens is 2. The lowest BCUT2D eigenvalue weighted by Crippen LogP contribution is -2.14. The number of carbonyl (C=O) groups excluding carboxylic acids is 1. The van der Waals surface area contributed by atoms with E-state index in [1.54, 1.807) is 19.2 Å². The van der Waals surface area contributed by atoms with Gasteiger partial charge in [-0.05, 0) is 39.0 Å². The van der Waals surface area contributed by atoms with Gasteiger partial charge in [0.25, 0.3) is 5.91 Å². The van der Waals surface area contributed by atoms with Gasteiger partial charge in [0.15, 0.2) is 5.69 Å². The van der Waals surface area contributed by atoms with E-state index in [2.05, 4.69) is 10.4 Å². The van der Waals surface area contributed by atoms with Gasteiger partial charge < -0.3 is 10.1 Å². The van der Waals surface area contributed by atoms with Gasteiger partial charge in [0, 0.05) is 23.5 Å². The molecule has 0 fully saturated rings. The van der Waals surface area contributed by atoms with Crippen molar-refractivity contribution >= 4 is 11.6 Å². The molecule has 2 rings (SSSR count). The highest BCUT2D eigenvalue weighted by atomic mass is 16.5. The Labute approximate surface area is 118 Å². The largest absolute Gasteiger partial charge is 0.497 e. The van der Waals surface area contributed by atoms with Crippen molar-refractivity contribution in [1.29, 1.82) is 0 Å². The number of anilines is 1. The van der Waals surface area contributed by atoms with Crippen molar-refractivity contribution < 1.29 is 9.53 Å². The Bertz CT molecular complexity index is 617. The molecule has 0 aliphatic carbocycles. The fraction of sp³-hybridized carbons (Fsp3) is 0.333. The average molecular weight is 273 g/mol. The Balaban J connectivity index is 2.17. The van der Waals surface area contributed by atoms with E-state index in [4.69, 9.17) is 4.74 Å². The number of benzene rings is 1. The number of hydrogen-bond donors (Lipinski definition) is 1. The van der Waals surface area contributed by atoms with Crippen LogP contribution in [0.4, 0.5) is 5.69 Å². The molecule has 0 saturated heterocycles. The number of aryl methyl sites for hydroxylation is 1. The molecule has 0 aliphatic heterocycles. The summed E-state index contributed by atoms with van der Waals surface area (Å²) in [6.07, 6.45) is 0. The first-order chi connectivity index (χ1) is 9.51. The molecule has 0 atom stereocenters. The first-order valence-corrected chi connectivity index (χ1v) is 6.53. The van der Waals surface area contributed by atoms with E-state index in [9.17, 15) is 4.79 Å². The van der Waals surface area contributed by atoms with E-state index in [-0.39, 0.29) is 11.9 Å². The normalized spacial score (nSPS) is 10.7. The van der Waals surface area contributed by atoms with Crippen LogP contribution in [0.25, 0.3) is 0 Å². The molecular formula is C15H19N3O2. The Morgan fingerprint density at radius 3 is 2.70 bits per heavy atom. The predicted octanol–water partition coefficient (Wildman–Crippen LogP) is 3.03. The molecule has 0 aliphatic rings. The van der Waals surface area contributed by atoms with Crippen molar-refractivity contribution in [2.45, 2.75) is 26.8 Å². The Hall–Kier alpha value is -2.30. The lowest BCUT2D eigenvalue weighted by molar-refractivity contribution is 0.102. The van der Waals surface area contributed by atoms with Gasteiger partial charge in [-0.3, -0.25) is 9.48 Å². The number of hydrogen-bond acceptors (Lipinski definition) is 3. The fourth-order valence-corrected chi connectivity index (χ4v) is 2.02.